The fourth-order valence-electron chi connectivity index (χ4n) is 3.52. The van der Waals surface area contributed by atoms with Crippen molar-refractivity contribution in [1.82, 2.24) is 0 Å². The predicted octanol–water partition coefficient (Wildman–Crippen LogP) is 5.02. The summed E-state index contributed by atoms with van der Waals surface area (Å²) >= 11 is 0. The number of benzene rings is 1. The Hall–Kier alpha value is -1.61. The van der Waals surface area contributed by atoms with Crippen LogP contribution in [0, 0.1) is 5.92 Å². The lowest BCUT2D eigenvalue weighted by Crippen LogP contribution is -2.60. The number of nitrogens with zero attached hydrogens (tertiary/aromatic N) is 3. The molecule has 1 aromatic carbocycles. The van der Waals surface area contributed by atoms with E-state index < -0.39 is 39.0 Å². The Labute approximate surface area is 186 Å². The van der Waals surface area contributed by atoms with Crippen molar-refractivity contribution in [1.29, 1.82) is 0 Å². The minimum absolute atomic E-state index is 0.0456. The molecular weight excluding hydrogens is 414 g/mol. The van der Waals surface area contributed by atoms with E-state index in [1.54, 1.807) is 14.0 Å². The summed E-state index contributed by atoms with van der Waals surface area (Å²) in [6, 6.07) is 6.68. The van der Waals surface area contributed by atoms with Crippen molar-refractivity contribution in [2.24, 2.45) is 11.0 Å². The van der Waals surface area contributed by atoms with Gasteiger partial charge in [-0.15, -0.1) is 0 Å². The van der Waals surface area contributed by atoms with Crippen molar-refractivity contribution in [3.05, 3.63) is 40.3 Å². The Morgan fingerprint density at radius 1 is 1.26 bits per heavy atom. The number of aliphatic hydroxyl groups excluding tert-OH is 1. The van der Waals surface area contributed by atoms with Crippen LogP contribution in [0.4, 0.5) is 0 Å². The van der Waals surface area contributed by atoms with Gasteiger partial charge in [0.25, 0.3) is 0 Å². The first-order chi connectivity index (χ1) is 14.4. The predicted molar refractivity (Wildman–Crippen MR) is 122 cm³/mol. The molecule has 0 aliphatic carbocycles. The Kier molecular flexibility index (Phi) is 8.55. The van der Waals surface area contributed by atoms with E-state index in [2.05, 4.69) is 50.8 Å². The van der Waals surface area contributed by atoms with E-state index >= 15 is 0 Å². The third-order valence-corrected chi connectivity index (χ3v) is 11.5. The Morgan fingerprint density at radius 2 is 1.87 bits per heavy atom. The SMILES string of the molecule is COc1ccc(COC2C(N=[N+]=[N-])[C@@H](O[Si](C)(C)C(C)(C)C(C)C)O[C@@H](C)C2O)cc1. The van der Waals surface area contributed by atoms with Crippen LogP contribution >= 0.6 is 0 Å². The Bertz CT molecular complexity index is 765. The largest absolute Gasteiger partial charge is 0.497 e. The number of rotatable bonds is 9. The third kappa shape index (κ3) is 5.80. The minimum atomic E-state index is -2.29. The normalized spacial score (nSPS) is 27.1. The highest BCUT2D eigenvalue weighted by Gasteiger charge is 2.50. The van der Waals surface area contributed by atoms with Gasteiger partial charge in [-0.25, -0.2) is 0 Å². The summed E-state index contributed by atoms with van der Waals surface area (Å²) in [7, 11) is -0.678. The molecule has 8 nitrogen and oxygen atoms in total. The molecule has 0 bridgehead atoms. The summed E-state index contributed by atoms with van der Waals surface area (Å²) in [6.45, 7) is 15.1. The maximum Gasteiger partial charge on any atom is 0.196 e. The fourth-order valence-corrected chi connectivity index (χ4v) is 5.99. The number of hydrogen-bond acceptors (Lipinski definition) is 6. The molecule has 0 aromatic heterocycles. The molecule has 0 amide bonds. The molecule has 1 fully saturated rings. The highest BCUT2D eigenvalue weighted by atomic mass is 28.4. The van der Waals surface area contributed by atoms with Crippen LogP contribution in [0.2, 0.25) is 18.1 Å². The molecule has 0 radical (unpaired) electrons. The van der Waals surface area contributed by atoms with Crippen molar-refractivity contribution in [3.63, 3.8) is 0 Å². The molecular formula is C22H37N3O5Si. The molecule has 1 heterocycles. The lowest BCUT2D eigenvalue weighted by atomic mass is 9.98. The highest BCUT2D eigenvalue weighted by molar-refractivity contribution is 6.74. The standard InChI is InChI=1S/C22H37N3O5Si/c1-14(2)22(4,5)31(7,8)30-21-18(24-25-23)20(19(26)15(3)29-21)28-13-16-9-11-17(27-6)12-10-16/h9-12,14-15,18-21,26H,13H2,1-8H3/t15-,18?,19?,20?,21+/m0/s1. The van der Waals surface area contributed by atoms with Gasteiger partial charge in [0.2, 0.25) is 0 Å². The first kappa shape index (κ1) is 25.6. The first-order valence-electron chi connectivity index (χ1n) is 10.7. The van der Waals surface area contributed by atoms with Crippen molar-refractivity contribution < 1.29 is 23.7 Å². The van der Waals surface area contributed by atoms with Crippen LogP contribution in [0.3, 0.4) is 0 Å². The second kappa shape index (κ2) is 10.3. The number of azide groups is 1. The lowest BCUT2D eigenvalue weighted by molar-refractivity contribution is -0.242. The molecule has 5 atom stereocenters. The van der Waals surface area contributed by atoms with E-state index in [1.165, 1.54) is 0 Å². The van der Waals surface area contributed by atoms with Gasteiger partial charge in [0, 0.05) is 4.91 Å². The molecule has 3 unspecified atom stereocenters. The van der Waals surface area contributed by atoms with Gasteiger partial charge in [0.1, 0.15) is 17.9 Å². The molecule has 0 saturated carbocycles. The van der Waals surface area contributed by atoms with Gasteiger partial charge < -0.3 is 23.7 Å². The van der Waals surface area contributed by atoms with Crippen LogP contribution in [-0.2, 0) is 20.5 Å². The zero-order valence-corrected chi connectivity index (χ0v) is 20.9. The van der Waals surface area contributed by atoms with Crippen molar-refractivity contribution in [2.45, 2.75) is 90.0 Å². The molecule has 1 aliphatic heterocycles. The van der Waals surface area contributed by atoms with Crippen molar-refractivity contribution in [3.8, 4) is 5.75 Å². The smallest absolute Gasteiger partial charge is 0.196 e. The van der Waals surface area contributed by atoms with Gasteiger partial charge in [-0.1, -0.05) is 44.9 Å². The first-order valence-corrected chi connectivity index (χ1v) is 13.7. The molecule has 174 valence electrons. The van der Waals surface area contributed by atoms with Crippen molar-refractivity contribution >= 4 is 8.32 Å². The molecule has 1 N–H and O–H groups in total. The monoisotopic (exact) mass is 451 g/mol. The van der Waals surface area contributed by atoms with Crippen LogP contribution in [0.25, 0.3) is 10.4 Å². The summed E-state index contributed by atoms with van der Waals surface area (Å²) in [5, 5.41) is 14.6. The molecule has 2 rings (SSSR count). The van der Waals surface area contributed by atoms with Gasteiger partial charge >= 0.3 is 0 Å². The quantitative estimate of drug-likeness (QED) is 0.245. The summed E-state index contributed by atoms with van der Waals surface area (Å²) in [5.74, 6) is 1.16. The van der Waals surface area contributed by atoms with Crippen LogP contribution in [0.15, 0.2) is 29.4 Å². The molecule has 1 saturated heterocycles. The fraction of sp³-hybridized carbons (Fsp3) is 0.727. The third-order valence-electron chi connectivity index (χ3n) is 6.97. The van der Waals surface area contributed by atoms with Gasteiger partial charge in [-0.05, 0) is 54.2 Å². The molecule has 9 heteroatoms. The number of aliphatic hydroxyl groups is 1. The molecule has 1 aromatic rings. The molecule has 1 aliphatic rings. The van der Waals surface area contributed by atoms with Gasteiger partial charge in [0.15, 0.2) is 14.6 Å². The zero-order chi connectivity index (χ0) is 23.4. The van der Waals surface area contributed by atoms with Crippen molar-refractivity contribution in [2.75, 3.05) is 7.11 Å². The van der Waals surface area contributed by atoms with Crippen LogP contribution in [-0.4, -0.2) is 51.2 Å². The Morgan fingerprint density at radius 3 is 2.39 bits per heavy atom. The summed E-state index contributed by atoms with van der Waals surface area (Å²) in [4.78, 5) is 3.00. The second-order valence-corrected chi connectivity index (χ2v) is 14.1. The van der Waals surface area contributed by atoms with E-state index in [9.17, 15) is 10.6 Å². The van der Waals surface area contributed by atoms with Gasteiger partial charge in [-0.3, -0.25) is 0 Å². The average Bonchev–Trinajstić information content (AvgIpc) is 2.71. The van der Waals surface area contributed by atoms with Gasteiger partial charge in [-0.2, -0.15) is 0 Å². The summed E-state index contributed by atoms with van der Waals surface area (Å²) in [6.07, 6.45) is -3.01. The minimum Gasteiger partial charge on any atom is -0.497 e. The maximum absolute atomic E-state index is 10.8. The van der Waals surface area contributed by atoms with E-state index in [-0.39, 0.29) is 11.6 Å². The summed E-state index contributed by atoms with van der Waals surface area (Å²) in [5.41, 5.74) is 10.1. The van der Waals surface area contributed by atoms with Crippen LogP contribution < -0.4 is 4.74 Å². The van der Waals surface area contributed by atoms with E-state index in [0.29, 0.717) is 5.92 Å². The highest BCUT2D eigenvalue weighted by Crippen LogP contribution is 2.46. The van der Waals surface area contributed by atoms with Crippen LogP contribution in [0.5, 0.6) is 5.75 Å². The second-order valence-electron chi connectivity index (χ2n) is 9.52. The zero-order valence-electron chi connectivity index (χ0n) is 19.9. The number of methoxy groups -OCH3 is 1. The van der Waals surface area contributed by atoms with Crippen LogP contribution in [0.1, 0.15) is 40.2 Å². The topological polar surface area (TPSA) is 106 Å². The lowest BCUT2D eigenvalue weighted by Gasteiger charge is -2.48. The Balaban J connectivity index is 2.24. The van der Waals surface area contributed by atoms with Gasteiger partial charge in [0.05, 0.1) is 25.9 Å². The molecule has 31 heavy (non-hydrogen) atoms. The average molecular weight is 452 g/mol. The van der Waals surface area contributed by atoms with E-state index in [4.69, 9.17) is 18.6 Å². The van der Waals surface area contributed by atoms with E-state index in [0.717, 1.165) is 11.3 Å². The van der Waals surface area contributed by atoms with E-state index in [1.807, 2.05) is 24.3 Å². The maximum atomic E-state index is 10.8. The molecule has 0 spiro atoms. The number of hydrogen-bond donors (Lipinski definition) is 1. The summed E-state index contributed by atoms with van der Waals surface area (Å²) < 4.78 is 23.8. The number of ether oxygens (including phenoxy) is 3.